The Bertz CT molecular complexity index is 934. The summed E-state index contributed by atoms with van der Waals surface area (Å²) in [4.78, 5) is 36.9. The van der Waals surface area contributed by atoms with E-state index in [1.54, 1.807) is 24.3 Å². The number of thioether (sulfide) groups is 1. The molecule has 1 N–H and O–H groups in total. The monoisotopic (exact) mass is 434 g/mol. The molecule has 2 unspecified atom stereocenters. The Balaban J connectivity index is 0.00000280. The van der Waals surface area contributed by atoms with Gasteiger partial charge in [0, 0.05) is 0 Å². The van der Waals surface area contributed by atoms with Crippen LogP contribution < -0.4 is 40.0 Å². The van der Waals surface area contributed by atoms with Crippen molar-refractivity contribution in [3.63, 3.8) is 0 Å². The van der Waals surface area contributed by atoms with E-state index in [1.807, 2.05) is 6.07 Å². The normalized spacial score (nSPS) is 21.2. The van der Waals surface area contributed by atoms with Gasteiger partial charge < -0.3 is 19.4 Å². The van der Waals surface area contributed by atoms with Gasteiger partial charge in [0.1, 0.15) is 17.1 Å². The number of amides is 2. The first-order chi connectivity index (χ1) is 12.7. The largest absolute Gasteiger partial charge is 1.00 e. The van der Waals surface area contributed by atoms with E-state index in [-0.39, 0.29) is 53.4 Å². The molecule has 0 aromatic heterocycles. The zero-order valence-corrected chi connectivity index (χ0v) is 18.7. The second-order valence-corrected chi connectivity index (χ2v) is 8.64. The van der Waals surface area contributed by atoms with Crippen molar-refractivity contribution >= 4 is 39.7 Å². The molecule has 2 atom stereocenters. The average molecular weight is 434 g/mol. The molecule has 2 heterocycles. The first kappa shape index (κ1) is 22.8. The van der Waals surface area contributed by atoms with E-state index in [0.717, 1.165) is 28.5 Å². The van der Waals surface area contributed by atoms with Crippen LogP contribution in [0.3, 0.4) is 0 Å². The fraction of sp³-hybridized carbons (Fsp3) is 0.312. The molecule has 2 aliphatic heterocycles. The molecule has 144 valence electrons. The van der Waals surface area contributed by atoms with Gasteiger partial charge in [-0.05, 0) is 5.56 Å². The number of carbonyl (C=O) groups is 3. The molecule has 0 spiro atoms. The number of hydrogen-bond acceptors (Lipinski definition) is 8. The number of benzene rings is 1. The minimum atomic E-state index is -3.96. The molecular weight excluding hydrogens is 419 g/mol. The third-order valence-corrected chi connectivity index (χ3v) is 5.66. The quantitative estimate of drug-likeness (QED) is 0.270. The average Bonchev–Trinajstić information content (AvgIpc) is 2.58. The summed E-state index contributed by atoms with van der Waals surface area (Å²) in [5, 5.41) is 13.3. The number of aliphatic carboxylic acids is 1. The molecule has 3 rings (SSSR count). The Morgan fingerprint density at radius 3 is 2.54 bits per heavy atom. The third kappa shape index (κ3) is 4.90. The number of nitrogens with one attached hydrogen (secondary N) is 1. The topological polar surface area (TPSA) is 133 Å². The van der Waals surface area contributed by atoms with Crippen LogP contribution in [-0.2, 0) is 35.1 Å². The molecule has 1 aromatic rings. The second kappa shape index (κ2) is 8.87. The molecule has 1 fully saturated rings. The smallest absolute Gasteiger partial charge is 0.543 e. The predicted octanol–water partition coefficient (Wildman–Crippen LogP) is -4.43. The Hall–Kier alpha value is -1.53. The number of carboxylic acids is 1. The Morgan fingerprint density at radius 2 is 1.96 bits per heavy atom. The third-order valence-electron chi connectivity index (χ3n) is 3.90. The molecular formula is C16H15N2NaO7S2. The van der Waals surface area contributed by atoms with Gasteiger partial charge in [-0.15, -0.1) is 11.8 Å². The van der Waals surface area contributed by atoms with E-state index < -0.39 is 39.1 Å². The number of fused-ring (bicyclic) bond motifs is 1. The summed E-state index contributed by atoms with van der Waals surface area (Å²) in [6, 6.07) is 8.04. The van der Waals surface area contributed by atoms with E-state index >= 15 is 0 Å². The van der Waals surface area contributed by atoms with Gasteiger partial charge in [0.05, 0.1) is 24.4 Å². The molecule has 28 heavy (non-hydrogen) atoms. The van der Waals surface area contributed by atoms with Crippen molar-refractivity contribution in [3.8, 4) is 0 Å². The number of carbonyl (C=O) groups excluding carboxylic acids is 3. The summed E-state index contributed by atoms with van der Waals surface area (Å²) in [7, 11) is -3.96. The van der Waals surface area contributed by atoms with E-state index in [4.69, 9.17) is 0 Å². The van der Waals surface area contributed by atoms with Crippen molar-refractivity contribution in [2.24, 2.45) is 0 Å². The first-order valence-electron chi connectivity index (χ1n) is 7.79. The zero-order valence-electron chi connectivity index (χ0n) is 15.1. The summed E-state index contributed by atoms with van der Waals surface area (Å²) >= 11 is 1.10. The van der Waals surface area contributed by atoms with Gasteiger partial charge in [-0.3, -0.25) is 14.5 Å². The van der Waals surface area contributed by atoms with E-state index in [9.17, 15) is 27.9 Å². The van der Waals surface area contributed by atoms with Crippen LogP contribution >= 0.6 is 11.8 Å². The molecule has 9 nitrogen and oxygen atoms in total. The summed E-state index contributed by atoms with van der Waals surface area (Å²) in [6.45, 7) is 0. The van der Waals surface area contributed by atoms with E-state index in [2.05, 4.69) is 9.50 Å². The molecule has 12 heteroatoms. The summed E-state index contributed by atoms with van der Waals surface area (Å²) in [6.07, 6.45) is 0.849. The van der Waals surface area contributed by atoms with Crippen molar-refractivity contribution < 1.29 is 61.6 Å². The SMILES string of the molecule is CS(=O)(=O)OC1=C(C(=O)[O-])N2C(=O)C(NC(=O)Cc3ccccc3)C2SC1.[Na+]. The zero-order chi connectivity index (χ0) is 19.8. The van der Waals surface area contributed by atoms with Gasteiger partial charge in [-0.25, -0.2) is 0 Å². The number of rotatable bonds is 6. The summed E-state index contributed by atoms with van der Waals surface area (Å²) in [5.41, 5.74) is 0.150. The number of hydrogen-bond donors (Lipinski definition) is 1. The molecule has 1 saturated heterocycles. The van der Waals surface area contributed by atoms with Crippen LogP contribution in [0.25, 0.3) is 0 Å². The number of nitrogens with zero attached hydrogens (tertiary/aromatic N) is 1. The maximum atomic E-state index is 12.4. The van der Waals surface area contributed by atoms with Crippen LogP contribution in [0.4, 0.5) is 0 Å². The maximum absolute atomic E-state index is 12.4. The van der Waals surface area contributed by atoms with Gasteiger partial charge in [0.15, 0.2) is 5.76 Å². The predicted molar refractivity (Wildman–Crippen MR) is 93.1 cm³/mol. The maximum Gasteiger partial charge on any atom is 1.00 e. The second-order valence-electron chi connectivity index (χ2n) is 5.96. The van der Waals surface area contributed by atoms with Gasteiger partial charge >= 0.3 is 39.7 Å². The molecule has 2 aliphatic rings. The van der Waals surface area contributed by atoms with Crippen LogP contribution in [-0.4, -0.2) is 54.5 Å². The van der Waals surface area contributed by atoms with Gasteiger partial charge in [-0.2, -0.15) is 8.42 Å². The fourth-order valence-corrected chi connectivity index (χ4v) is 4.66. The fourth-order valence-electron chi connectivity index (χ4n) is 2.83. The first-order valence-corrected chi connectivity index (χ1v) is 10.7. The molecule has 2 amide bonds. The van der Waals surface area contributed by atoms with Crippen LogP contribution in [0, 0.1) is 0 Å². The number of β-lactam (4-membered cyclic amide) rings is 1. The van der Waals surface area contributed by atoms with Crippen LogP contribution in [0.2, 0.25) is 0 Å². The summed E-state index contributed by atoms with van der Waals surface area (Å²) < 4.78 is 27.3. The van der Waals surface area contributed by atoms with Crippen LogP contribution in [0.1, 0.15) is 5.56 Å². The van der Waals surface area contributed by atoms with Gasteiger partial charge in [-0.1, -0.05) is 30.3 Å². The van der Waals surface area contributed by atoms with Gasteiger partial charge in [0.2, 0.25) is 5.91 Å². The van der Waals surface area contributed by atoms with Crippen molar-refractivity contribution in [3.05, 3.63) is 47.4 Å². The van der Waals surface area contributed by atoms with E-state index in [0.29, 0.717) is 0 Å². The standard InChI is InChI=1S/C16H16N2O7S2.Na/c1-27(23,24)25-10-8-26-15-12(14(20)18(15)13(10)16(21)22)17-11(19)7-9-5-3-2-4-6-9;/h2-6,12,15H,7-8H2,1H3,(H,17,19)(H,21,22);/q;+1/p-1. The summed E-state index contributed by atoms with van der Waals surface area (Å²) in [5.74, 6) is -3.22. The number of carboxylic acid groups (broad SMARTS) is 1. The molecule has 0 radical (unpaired) electrons. The Kier molecular flexibility index (Phi) is 7.21. The Morgan fingerprint density at radius 1 is 1.32 bits per heavy atom. The molecule has 1 aromatic carbocycles. The van der Waals surface area contributed by atoms with E-state index in [1.165, 1.54) is 0 Å². The molecule has 0 aliphatic carbocycles. The van der Waals surface area contributed by atoms with Crippen molar-refractivity contribution in [2.75, 3.05) is 12.0 Å². The van der Waals surface area contributed by atoms with Crippen LogP contribution in [0.15, 0.2) is 41.8 Å². The van der Waals surface area contributed by atoms with Crippen molar-refractivity contribution in [1.29, 1.82) is 0 Å². The minimum Gasteiger partial charge on any atom is -0.543 e. The molecule has 0 saturated carbocycles. The minimum absolute atomic E-state index is 0. The molecule has 0 bridgehead atoms. The van der Waals surface area contributed by atoms with Crippen molar-refractivity contribution in [1.82, 2.24) is 10.2 Å². The van der Waals surface area contributed by atoms with Crippen LogP contribution in [0.5, 0.6) is 0 Å². The Labute approximate surface area is 187 Å². The van der Waals surface area contributed by atoms with Gasteiger partial charge in [0.25, 0.3) is 5.91 Å². The van der Waals surface area contributed by atoms with Crippen molar-refractivity contribution in [2.45, 2.75) is 17.8 Å².